The zero-order chi connectivity index (χ0) is 15.2. The van der Waals surface area contributed by atoms with Crippen molar-refractivity contribution in [2.45, 2.75) is 19.6 Å². The van der Waals surface area contributed by atoms with Crippen LogP contribution in [0.3, 0.4) is 0 Å². The van der Waals surface area contributed by atoms with E-state index in [4.69, 9.17) is 9.15 Å². The Morgan fingerprint density at radius 3 is 2.71 bits per heavy atom. The zero-order valence-corrected chi connectivity index (χ0v) is 11.3. The molecule has 0 saturated carbocycles. The second-order valence-electron chi connectivity index (χ2n) is 4.37. The Balaban J connectivity index is 1.86. The summed E-state index contributed by atoms with van der Waals surface area (Å²) in [5, 5.41) is 2.43. The Hall–Kier alpha value is -2.63. The molecule has 1 atom stereocenters. The molecule has 1 N–H and O–H groups in total. The highest BCUT2D eigenvalue weighted by Crippen LogP contribution is 2.08. The molecule has 1 heterocycles. The number of halogens is 1. The molecule has 1 aromatic heterocycles. The lowest BCUT2D eigenvalue weighted by atomic mass is 10.2. The molecule has 21 heavy (non-hydrogen) atoms. The average Bonchev–Trinajstić information content (AvgIpc) is 3.00. The van der Waals surface area contributed by atoms with Crippen molar-refractivity contribution in [3.05, 3.63) is 59.8 Å². The monoisotopic (exact) mass is 291 g/mol. The standard InChI is InChI=1S/C15H14FNO4/c1-10(17-14(18)13-7-4-8-20-13)15(19)21-9-11-5-2-3-6-12(11)16/h2-8,10H,9H2,1H3,(H,17,18)/t10-/m1/s1. The van der Waals surface area contributed by atoms with Crippen molar-refractivity contribution in [3.8, 4) is 0 Å². The number of ether oxygens (including phenoxy) is 1. The predicted octanol–water partition coefficient (Wildman–Crippen LogP) is 2.28. The first-order chi connectivity index (χ1) is 10.1. The maximum absolute atomic E-state index is 13.4. The second-order valence-corrected chi connectivity index (χ2v) is 4.37. The molecule has 0 bridgehead atoms. The maximum Gasteiger partial charge on any atom is 0.328 e. The summed E-state index contributed by atoms with van der Waals surface area (Å²) >= 11 is 0. The molecule has 110 valence electrons. The van der Waals surface area contributed by atoms with E-state index in [9.17, 15) is 14.0 Å². The van der Waals surface area contributed by atoms with Crippen molar-refractivity contribution < 1.29 is 23.1 Å². The van der Waals surface area contributed by atoms with Crippen LogP contribution in [-0.4, -0.2) is 17.9 Å². The SMILES string of the molecule is C[C@@H](NC(=O)c1ccco1)C(=O)OCc1ccccc1F. The number of hydrogen-bond acceptors (Lipinski definition) is 4. The molecule has 0 saturated heterocycles. The topological polar surface area (TPSA) is 68.5 Å². The Kier molecular flexibility index (Phi) is 4.71. The van der Waals surface area contributed by atoms with E-state index in [0.29, 0.717) is 0 Å². The number of carbonyl (C=O) groups excluding carboxylic acids is 2. The molecule has 0 spiro atoms. The van der Waals surface area contributed by atoms with Gasteiger partial charge in [-0.3, -0.25) is 4.79 Å². The van der Waals surface area contributed by atoms with Crippen LogP contribution < -0.4 is 5.32 Å². The van der Waals surface area contributed by atoms with Gasteiger partial charge in [0, 0.05) is 5.56 Å². The van der Waals surface area contributed by atoms with Gasteiger partial charge in [0.15, 0.2) is 5.76 Å². The summed E-state index contributed by atoms with van der Waals surface area (Å²) in [4.78, 5) is 23.4. The molecule has 1 amide bonds. The number of rotatable bonds is 5. The molecule has 0 fully saturated rings. The van der Waals surface area contributed by atoms with Crippen molar-refractivity contribution in [3.63, 3.8) is 0 Å². The minimum Gasteiger partial charge on any atom is -0.459 e. The molecule has 6 heteroatoms. The number of amides is 1. The summed E-state index contributed by atoms with van der Waals surface area (Å²) in [6, 6.07) is 8.18. The van der Waals surface area contributed by atoms with Gasteiger partial charge in [-0.1, -0.05) is 18.2 Å². The van der Waals surface area contributed by atoms with Crippen molar-refractivity contribution in [2.24, 2.45) is 0 Å². The van der Waals surface area contributed by atoms with Crippen LogP contribution >= 0.6 is 0 Å². The third-order valence-corrected chi connectivity index (χ3v) is 2.77. The minimum atomic E-state index is -0.866. The van der Waals surface area contributed by atoms with E-state index in [0.717, 1.165) is 0 Å². The van der Waals surface area contributed by atoms with Gasteiger partial charge in [0.1, 0.15) is 18.5 Å². The van der Waals surface area contributed by atoms with Gasteiger partial charge in [0.25, 0.3) is 5.91 Å². The molecule has 0 unspecified atom stereocenters. The lowest BCUT2D eigenvalue weighted by molar-refractivity contribution is -0.146. The molecule has 0 radical (unpaired) electrons. The Morgan fingerprint density at radius 2 is 2.05 bits per heavy atom. The fourth-order valence-corrected chi connectivity index (χ4v) is 1.62. The Labute approximate surface area is 120 Å². The number of esters is 1. The molecule has 0 aliphatic heterocycles. The van der Waals surface area contributed by atoms with Gasteiger partial charge in [0.2, 0.25) is 0 Å². The molecule has 5 nitrogen and oxygen atoms in total. The lowest BCUT2D eigenvalue weighted by Crippen LogP contribution is -2.39. The highest BCUT2D eigenvalue weighted by atomic mass is 19.1. The number of furan rings is 1. The number of carbonyl (C=O) groups is 2. The van der Waals surface area contributed by atoms with Crippen LogP contribution in [0.2, 0.25) is 0 Å². The lowest BCUT2D eigenvalue weighted by Gasteiger charge is -2.12. The Morgan fingerprint density at radius 1 is 1.29 bits per heavy atom. The summed E-state index contributed by atoms with van der Waals surface area (Å²) in [5.41, 5.74) is 0.274. The van der Waals surface area contributed by atoms with Crippen molar-refractivity contribution >= 4 is 11.9 Å². The summed E-state index contributed by atoms with van der Waals surface area (Å²) in [7, 11) is 0. The van der Waals surface area contributed by atoms with E-state index in [1.807, 2.05) is 0 Å². The quantitative estimate of drug-likeness (QED) is 0.858. The molecular weight excluding hydrogens is 277 g/mol. The zero-order valence-electron chi connectivity index (χ0n) is 11.3. The summed E-state index contributed by atoms with van der Waals surface area (Å²) < 4.78 is 23.2. The van der Waals surface area contributed by atoms with Gasteiger partial charge >= 0.3 is 5.97 Å². The van der Waals surface area contributed by atoms with Gasteiger partial charge in [-0.15, -0.1) is 0 Å². The summed E-state index contributed by atoms with van der Waals surface area (Å²) in [6.45, 7) is 1.29. The van der Waals surface area contributed by atoms with Crippen molar-refractivity contribution in [2.75, 3.05) is 0 Å². The molecule has 0 aliphatic carbocycles. The molecular formula is C15H14FNO4. The van der Waals surface area contributed by atoms with Gasteiger partial charge in [0.05, 0.1) is 6.26 Å². The minimum absolute atomic E-state index is 0.101. The van der Waals surface area contributed by atoms with E-state index in [1.54, 1.807) is 18.2 Å². The first kappa shape index (κ1) is 14.8. The normalized spacial score (nSPS) is 11.7. The molecule has 1 aromatic carbocycles. The fourth-order valence-electron chi connectivity index (χ4n) is 1.62. The molecule has 2 rings (SSSR count). The van der Waals surface area contributed by atoms with Crippen LogP contribution in [0.15, 0.2) is 47.1 Å². The Bertz CT molecular complexity index is 624. The predicted molar refractivity (Wildman–Crippen MR) is 71.8 cm³/mol. The number of benzene rings is 1. The van der Waals surface area contributed by atoms with E-state index < -0.39 is 23.7 Å². The van der Waals surface area contributed by atoms with Crippen molar-refractivity contribution in [1.29, 1.82) is 0 Å². The van der Waals surface area contributed by atoms with E-state index in [-0.39, 0.29) is 17.9 Å². The highest BCUT2D eigenvalue weighted by Gasteiger charge is 2.19. The third kappa shape index (κ3) is 3.92. The summed E-state index contributed by atoms with van der Waals surface area (Å²) in [5.74, 6) is -1.52. The average molecular weight is 291 g/mol. The maximum atomic E-state index is 13.4. The van der Waals surface area contributed by atoms with Crippen molar-refractivity contribution in [1.82, 2.24) is 5.32 Å². The third-order valence-electron chi connectivity index (χ3n) is 2.77. The largest absolute Gasteiger partial charge is 0.459 e. The van der Waals surface area contributed by atoms with Crippen LogP contribution in [0.5, 0.6) is 0 Å². The first-order valence-corrected chi connectivity index (χ1v) is 6.32. The van der Waals surface area contributed by atoms with Crippen LogP contribution in [0, 0.1) is 5.82 Å². The first-order valence-electron chi connectivity index (χ1n) is 6.32. The van der Waals surface area contributed by atoms with Crippen LogP contribution in [-0.2, 0) is 16.1 Å². The molecule has 0 aliphatic rings. The van der Waals surface area contributed by atoms with E-state index in [2.05, 4.69) is 5.32 Å². The van der Waals surface area contributed by atoms with Gasteiger partial charge in [-0.05, 0) is 25.1 Å². The smallest absolute Gasteiger partial charge is 0.328 e. The van der Waals surface area contributed by atoms with Gasteiger partial charge in [-0.2, -0.15) is 0 Å². The van der Waals surface area contributed by atoms with E-state index in [1.165, 1.54) is 31.4 Å². The summed E-state index contributed by atoms with van der Waals surface area (Å²) in [6.07, 6.45) is 1.36. The molecule has 2 aromatic rings. The van der Waals surface area contributed by atoms with Crippen LogP contribution in [0.4, 0.5) is 4.39 Å². The van der Waals surface area contributed by atoms with E-state index >= 15 is 0 Å². The highest BCUT2D eigenvalue weighted by molar-refractivity contribution is 5.94. The van der Waals surface area contributed by atoms with Crippen LogP contribution in [0.25, 0.3) is 0 Å². The van der Waals surface area contributed by atoms with Crippen LogP contribution in [0.1, 0.15) is 23.0 Å². The van der Waals surface area contributed by atoms with Gasteiger partial charge < -0.3 is 14.5 Å². The number of nitrogens with one attached hydrogen (secondary N) is 1. The second kappa shape index (κ2) is 6.69. The fraction of sp³-hybridized carbons (Fsp3) is 0.200. The van der Waals surface area contributed by atoms with Gasteiger partial charge in [-0.25, -0.2) is 9.18 Å². The number of hydrogen-bond donors (Lipinski definition) is 1.